The van der Waals surface area contributed by atoms with E-state index in [0.717, 1.165) is 28.2 Å². The van der Waals surface area contributed by atoms with Crippen LogP contribution in [0.1, 0.15) is 12.0 Å². The first-order valence-electron chi connectivity index (χ1n) is 8.31. The molecular weight excluding hydrogens is 324 g/mol. The van der Waals surface area contributed by atoms with Crippen LogP contribution in [0.2, 0.25) is 0 Å². The van der Waals surface area contributed by atoms with E-state index in [0.29, 0.717) is 6.54 Å². The predicted octanol–water partition coefficient (Wildman–Crippen LogP) is 4.68. The van der Waals surface area contributed by atoms with Gasteiger partial charge in [-0.2, -0.15) is 5.26 Å². The molecule has 3 aromatic rings. The fraction of sp³-hybridized carbons (Fsp3) is 0.0909. The van der Waals surface area contributed by atoms with Crippen LogP contribution < -0.4 is 10.1 Å². The van der Waals surface area contributed by atoms with Crippen LogP contribution in [-0.2, 0) is 11.3 Å². The molecule has 0 saturated carbocycles. The van der Waals surface area contributed by atoms with Gasteiger partial charge in [-0.1, -0.05) is 60.7 Å². The number of ether oxygens (including phenoxy) is 1. The van der Waals surface area contributed by atoms with Crippen molar-refractivity contribution >= 4 is 5.91 Å². The third-order valence-corrected chi connectivity index (χ3v) is 3.85. The van der Waals surface area contributed by atoms with Crippen molar-refractivity contribution in [3.8, 4) is 28.7 Å². The van der Waals surface area contributed by atoms with Crippen molar-refractivity contribution in [3.63, 3.8) is 0 Å². The molecule has 0 fully saturated rings. The average molecular weight is 342 g/mol. The first-order chi connectivity index (χ1) is 12.8. The van der Waals surface area contributed by atoms with E-state index in [1.807, 2.05) is 72.8 Å². The van der Waals surface area contributed by atoms with Crippen molar-refractivity contribution in [1.29, 1.82) is 5.26 Å². The standard InChI is InChI=1S/C22H18N2O2/c23-15-14-22(25)24-16-17-10-12-19(13-11-17)26-21-9-5-4-8-20(21)18-6-2-1-3-7-18/h1-13H,14,16H2,(H,24,25). The Kier molecular flexibility index (Phi) is 5.64. The molecule has 4 heteroatoms. The lowest BCUT2D eigenvalue weighted by Crippen LogP contribution is -2.21. The maximum Gasteiger partial charge on any atom is 0.234 e. The molecule has 0 unspecified atom stereocenters. The Bertz CT molecular complexity index is 913. The molecule has 0 aliphatic heterocycles. The van der Waals surface area contributed by atoms with Gasteiger partial charge in [0.1, 0.15) is 17.9 Å². The highest BCUT2D eigenvalue weighted by Gasteiger charge is 2.07. The van der Waals surface area contributed by atoms with Crippen LogP contribution >= 0.6 is 0 Å². The van der Waals surface area contributed by atoms with Gasteiger partial charge in [-0.05, 0) is 29.3 Å². The minimum absolute atomic E-state index is 0.128. The van der Waals surface area contributed by atoms with Gasteiger partial charge in [0.2, 0.25) is 5.91 Å². The quantitative estimate of drug-likeness (QED) is 0.708. The zero-order valence-electron chi connectivity index (χ0n) is 14.2. The summed E-state index contributed by atoms with van der Waals surface area (Å²) < 4.78 is 6.05. The normalized spacial score (nSPS) is 9.96. The molecule has 1 amide bonds. The number of amides is 1. The van der Waals surface area contributed by atoms with Gasteiger partial charge in [0.25, 0.3) is 0 Å². The summed E-state index contributed by atoms with van der Waals surface area (Å²) in [6, 6.07) is 27.4. The molecule has 0 radical (unpaired) electrons. The lowest BCUT2D eigenvalue weighted by atomic mass is 10.0. The van der Waals surface area contributed by atoms with Crippen molar-refractivity contribution in [1.82, 2.24) is 5.32 Å². The highest BCUT2D eigenvalue weighted by atomic mass is 16.5. The van der Waals surface area contributed by atoms with E-state index in [1.54, 1.807) is 0 Å². The van der Waals surface area contributed by atoms with Gasteiger partial charge in [0.15, 0.2) is 0 Å². The molecule has 1 N–H and O–H groups in total. The number of carbonyl (C=O) groups excluding carboxylic acids is 1. The fourth-order valence-electron chi connectivity index (χ4n) is 2.55. The molecular formula is C22H18N2O2. The second-order valence-corrected chi connectivity index (χ2v) is 5.72. The third-order valence-electron chi connectivity index (χ3n) is 3.85. The minimum atomic E-state index is -0.274. The van der Waals surface area contributed by atoms with Crippen molar-refractivity contribution < 1.29 is 9.53 Å². The van der Waals surface area contributed by atoms with Crippen LogP contribution in [0.15, 0.2) is 78.9 Å². The number of nitrogens with zero attached hydrogens (tertiary/aromatic N) is 1. The Morgan fingerprint density at radius 3 is 2.35 bits per heavy atom. The number of nitriles is 1. The highest BCUT2D eigenvalue weighted by molar-refractivity contribution is 5.77. The van der Waals surface area contributed by atoms with Crippen molar-refractivity contribution in [2.75, 3.05) is 0 Å². The average Bonchev–Trinajstić information content (AvgIpc) is 2.69. The van der Waals surface area contributed by atoms with E-state index in [2.05, 4.69) is 17.4 Å². The molecule has 0 spiro atoms. The van der Waals surface area contributed by atoms with Crippen LogP contribution in [0, 0.1) is 11.3 Å². The van der Waals surface area contributed by atoms with E-state index < -0.39 is 0 Å². The molecule has 0 saturated heterocycles. The summed E-state index contributed by atoms with van der Waals surface area (Å²) in [5.41, 5.74) is 3.07. The minimum Gasteiger partial charge on any atom is -0.457 e. The zero-order chi connectivity index (χ0) is 18.2. The number of benzene rings is 3. The first-order valence-corrected chi connectivity index (χ1v) is 8.31. The third kappa shape index (κ3) is 4.49. The monoisotopic (exact) mass is 342 g/mol. The van der Waals surface area contributed by atoms with Crippen molar-refractivity contribution in [2.45, 2.75) is 13.0 Å². The topological polar surface area (TPSA) is 62.1 Å². The molecule has 0 heterocycles. The molecule has 0 atom stereocenters. The molecule has 128 valence electrons. The molecule has 3 aromatic carbocycles. The van der Waals surface area contributed by atoms with Crippen LogP contribution in [-0.4, -0.2) is 5.91 Å². The van der Waals surface area contributed by atoms with Gasteiger partial charge in [-0.3, -0.25) is 4.79 Å². The number of rotatable bonds is 6. The summed E-state index contributed by atoms with van der Waals surface area (Å²) in [4.78, 5) is 11.3. The van der Waals surface area contributed by atoms with Gasteiger partial charge in [-0.15, -0.1) is 0 Å². The highest BCUT2D eigenvalue weighted by Crippen LogP contribution is 2.33. The maximum absolute atomic E-state index is 11.3. The number of carbonyl (C=O) groups is 1. The Balaban J connectivity index is 1.71. The van der Waals surface area contributed by atoms with Crippen LogP contribution in [0.3, 0.4) is 0 Å². The fourth-order valence-corrected chi connectivity index (χ4v) is 2.55. The Morgan fingerprint density at radius 2 is 1.62 bits per heavy atom. The van der Waals surface area contributed by atoms with Gasteiger partial charge in [0, 0.05) is 12.1 Å². The number of hydrogen-bond acceptors (Lipinski definition) is 3. The van der Waals surface area contributed by atoms with Gasteiger partial charge >= 0.3 is 0 Å². The first kappa shape index (κ1) is 17.2. The second kappa shape index (κ2) is 8.50. The summed E-state index contributed by atoms with van der Waals surface area (Å²) in [7, 11) is 0. The lowest BCUT2D eigenvalue weighted by molar-refractivity contribution is -0.120. The van der Waals surface area contributed by atoms with Gasteiger partial charge in [-0.25, -0.2) is 0 Å². The molecule has 0 aromatic heterocycles. The van der Waals surface area contributed by atoms with Crippen LogP contribution in [0.25, 0.3) is 11.1 Å². The summed E-state index contributed by atoms with van der Waals surface area (Å²) in [5.74, 6) is 1.24. The van der Waals surface area contributed by atoms with Gasteiger partial charge < -0.3 is 10.1 Å². The van der Waals surface area contributed by atoms with E-state index in [-0.39, 0.29) is 12.3 Å². The summed E-state index contributed by atoms with van der Waals surface area (Å²) in [6.07, 6.45) is -0.128. The van der Waals surface area contributed by atoms with E-state index >= 15 is 0 Å². The summed E-state index contributed by atoms with van der Waals surface area (Å²) in [6.45, 7) is 0.390. The largest absolute Gasteiger partial charge is 0.457 e. The molecule has 3 rings (SSSR count). The summed E-state index contributed by atoms with van der Waals surface area (Å²) in [5, 5.41) is 11.2. The SMILES string of the molecule is N#CCC(=O)NCc1ccc(Oc2ccccc2-c2ccccc2)cc1. The van der Waals surface area contributed by atoms with E-state index in [1.165, 1.54) is 0 Å². The molecule has 0 aliphatic rings. The van der Waals surface area contributed by atoms with Crippen molar-refractivity contribution in [2.24, 2.45) is 0 Å². The maximum atomic E-state index is 11.3. The van der Waals surface area contributed by atoms with Crippen molar-refractivity contribution in [3.05, 3.63) is 84.4 Å². The second-order valence-electron chi connectivity index (χ2n) is 5.72. The number of nitrogens with one attached hydrogen (secondary N) is 1. The molecule has 26 heavy (non-hydrogen) atoms. The summed E-state index contributed by atoms with van der Waals surface area (Å²) >= 11 is 0. The predicted molar refractivity (Wildman–Crippen MR) is 100 cm³/mol. The smallest absolute Gasteiger partial charge is 0.234 e. The number of hydrogen-bond donors (Lipinski definition) is 1. The van der Waals surface area contributed by atoms with Crippen LogP contribution in [0.4, 0.5) is 0 Å². The van der Waals surface area contributed by atoms with E-state index in [9.17, 15) is 4.79 Å². The molecule has 0 bridgehead atoms. The lowest BCUT2D eigenvalue weighted by Gasteiger charge is -2.12. The Labute approximate surface area is 152 Å². The Morgan fingerprint density at radius 1 is 0.923 bits per heavy atom. The van der Waals surface area contributed by atoms with E-state index in [4.69, 9.17) is 10.00 Å². The van der Waals surface area contributed by atoms with Crippen LogP contribution in [0.5, 0.6) is 11.5 Å². The number of para-hydroxylation sites is 1. The van der Waals surface area contributed by atoms with Gasteiger partial charge in [0.05, 0.1) is 6.07 Å². The molecule has 0 aliphatic carbocycles. The zero-order valence-corrected chi connectivity index (χ0v) is 14.2. The molecule has 4 nitrogen and oxygen atoms in total. The Hall–Kier alpha value is -3.58.